The average molecular weight is 172 g/mol. The van der Waals surface area contributed by atoms with Crippen LogP contribution in [-0.4, -0.2) is 24.1 Å². The summed E-state index contributed by atoms with van der Waals surface area (Å²) < 4.78 is 4.81. The maximum absolute atomic E-state index is 10.9. The maximum Gasteiger partial charge on any atom is 0.309 e. The Morgan fingerprint density at radius 1 is 1.82 bits per heavy atom. The van der Waals surface area contributed by atoms with Crippen molar-refractivity contribution >= 4 is 17.7 Å². The fraction of sp³-hybridized carbons (Fsp3) is 0.625. The number of carbonyl (C=O) groups excluding carboxylic acids is 1. The highest BCUT2D eigenvalue weighted by atomic mass is 32.2. The van der Waals surface area contributed by atoms with Crippen LogP contribution in [0.3, 0.4) is 0 Å². The summed E-state index contributed by atoms with van der Waals surface area (Å²) >= 11 is 1.84. The van der Waals surface area contributed by atoms with Gasteiger partial charge in [-0.25, -0.2) is 0 Å². The predicted octanol–water partition coefficient (Wildman–Crippen LogP) is 1.61. The van der Waals surface area contributed by atoms with Crippen LogP contribution in [0.5, 0.6) is 0 Å². The largest absolute Gasteiger partial charge is 0.466 e. The lowest BCUT2D eigenvalue weighted by atomic mass is 10.2. The first-order chi connectivity index (χ1) is 5.33. The molecule has 0 aromatic rings. The molecule has 2 nitrogen and oxygen atoms in total. The molecule has 0 radical (unpaired) electrons. The van der Waals surface area contributed by atoms with Gasteiger partial charge in [0.05, 0.1) is 13.0 Å². The van der Waals surface area contributed by atoms with Crippen molar-refractivity contribution in [3.05, 3.63) is 11.6 Å². The van der Waals surface area contributed by atoms with Crippen molar-refractivity contribution in [1.29, 1.82) is 0 Å². The Hall–Kier alpha value is -0.440. The van der Waals surface area contributed by atoms with Crippen molar-refractivity contribution in [2.45, 2.75) is 13.3 Å². The number of esters is 1. The lowest BCUT2D eigenvalue weighted by Gasteiger charge is -2.00. The van der Waals surface area contributed by atoms with Gasteiger partial charge >= 0.3 is 5.97 Å². The van der Waals surface area contributed by atoms with E-state index >= 15 is 0 Å². The van der Waals surface area contributed by atoms with Crippen LogP contribution in [-0.2, 0) is 9.53 Å². The minimum absolute atomic E-state index is 0.0961. The topological polar surface area (TPSA) is 26.3 Å². The van der Waals surface area contributed by atoms with Crippen LogP contribution in [0.1, 0.15) is 13.3 Å². The summed E-state index contributed by atoms with van der Waals surface area (Å²) in [6.45, 7) is 2.31. The molecule has 1 aliphatic heterocycles. The Morgan fingerprint density at radius 3 is 3.18 bits per heavy atom. The molecule has 1 rings (SSSR count). The molecule has 0 N–H and O–H groups in total. The van der Waals surface area contributed by atoms with Crippen LogP contribution >= 0.6 is 11.8 Å². The third-order valence-electron chi connectivity index (χ3n) is 1.45. The van der Waals surface area contributed by atoms with E-state index in [9.17, 15) is 4.79 Å². The molecule has 0 unspecified atom stereocenters. The molecule has 0 aromatic carbocycles. The molecule has 0 fully saturated rings. The molecule has 3 heteroatoms. The third-order valence-corrected chi connectivity index (χ3v) is 2.43. The van der Waals surface area contributed by atoms with Crippen molar-refractivity contribution in [2.75, 3.05) is 18.1 Å². The highest BCUT2D eigenvalue weighted by Gasteiger charge is 2.09. The van der Waals surface area contributed by atoms with Crippen LogP contribution < -0.4 is 0 Å². The minimum Gasteiger partial charge on any atom is -0.466 e. The zero-order chi connectivity index (χ0) is 8.10. The molecule has 1 heterocycles. The number of carbonyl (C=O) groups is 1. The number of rotatable bonds is 3. The van der Waals surface area contributed by atoms with Gasteiger partial charge in [-0.05, 0) is 6.92 Å². The summed E-state index contributed by atoms with van der Waals surface area (Å²) in [6.07, 6.45) is 2.60. The van der Waals surface area contributed by atoms with Gasteiger partial charge in [-0.15, -0.1) is 0 Å². The van der Waals surface area contributed by atoms with Gasteiger partial charge in [0.2, 0.25) is 0 Å². The molecule has 0 bridgehead atoms. The van der Waals surface area contributed by atoms with Gasteiger partial charge in [-0.3, -0.25) is 4.79 Å². The van der Waals surface area contributed by atoms with Gasteiger partial charge in [0.25, 0.3) is 0 Å². The van der Waals surface area contributed by atoms with Crippen molar-refractivity contribution in [2.24, 2.45) is 0 Å². The molecule has 0 amide bonds. The molecule has 0 atom stereocenters. The summed E-state index contributed by atoms with van der Waals surface area (Å²) in [4.78, 5) is 10.9. The summed E-state index contributed by atoms with van der Waals surface area (Å²) in [5.74, 6) is 1.95. The SMILES string of the molecule is CCOC(=O)CC1=CCSC1. The van der Waals surface area contributed by atoms with Crippen molar-refractivity contribution in [3.63, 3.8) is 0 Å². The molecule has 0 saturated heterocycles. The molecule has 62 valence electrons. The van der Waals surface area contributed by atoms with E-state index in [2.05, 4.69) is 6.08 Å². The normalized spacial score (nSPS) is 16.3. The van der Waals surface area contributed by atoms with Crippen molar-refractivity contribution < 1.29 is 9.53 Å². The number of ether oxygens (including phenoxy) is 1. The lowest BCUT2D eigenvalue weighted by Crippen LogP contribution is -2.04. The monoisotopic (exact) mass is 172 g/mol. The zero-order valence-corrected chi connectivity index (χ0v) is 7.45. The number of thioether (sulfide) groups is 1. The molecular formula is C8H12O2S. The second-order valence-electron chi connectivity index (χ2n) is 2.36. The fourth-order valence-corrected chi connectivity index (χ4v) is 1.90. The van der Waals surface area contributed by atoms with E-state index in [0.717, 1.165) is 11.5 Å². The molecule has 11 heavy (non-hydrogen) atoms. The Labute approximate surface area is 71.0 Å². The quantitative estimate of drug-likeness (QED) is 0.478. The molecule has 0 spiro atoms. The van der Waals surface area contributed by atoms with E-state index in [1.54, 1.807) is 0 Å². The molecule has 0 aromatic heterocycles. The lowest BCUT2D eigenvalue weighted by molar-refractivity contribution is -0.142. The van der Waals surface area contributed by atoms with E-state index in [1.807, 2.05) is 18.7 Å². The van der Waals surface area contributed by atoms with E-state index < -0.39 is 0 Å². The summed E-state index contributed by atoms with van der Waals surface area (Å²) in [7, 11) is 0. The Balaban J connectivity index is 2.24. The van der Waals surface area contributed by atoms with Gasteiger partial charge in [0.15, 0.2) is 0 Å². The van der Waals surface area contributed by atoms with Crippen LogP contribution in [0.15, 0.2) is 11.6 Å². The highest BCUT2D eigenvalue weighted by molar-refractivity contribution is 7.99. The van der Waals surface area contributed by atoms with E-state index in [1.165, 1.54) is 5.57 Å². The Kier molecular flexibility index (Phi) is 3.49. The third kappa shape index (κ3) is 2.97. The van der Waals surface area contributed by atoms with Crippen LogP contribution in [0.25, 0.3) is 0 Å². The van der Waals surface area contributed by atoms with E-state index in [4.69, 9.17) is 4.74 Å². The minimum atomic E-state index is -0.0961. The average Bonchev–Trinajstić information content (AvgIpc) is 2.40. The summed E-state index contributed by atoms with van der Waals surface area (Å²) in [6, 6.07) is 0. The van der Waals surface area contributed by atoms with Crippen LogP contribution in [0.2, 0.25) is 0 Å². The standard InChI is InChI=1S/C8H12O2S/c1-2-10-8(9)5-7-3-4-11-6-7/h3H,2,4-6H2,1H3. The summed E-state index contributed by atoms with van der Waals surface area (Å²) in [5, 5.41) is 0. The predicted molar refractivity (Wildman–Crippen MR) is 46.7 cm³/mol. The van der Waals surface area contributed by atoms with Crippen molar-refractivity contribution in [3.8, 4) is 0 Å². The molecule has 0 saturated carbocycles. The first kappa shape index (κ1) is 8.65. The summed E-state index contributed by atoms with van der Waals surface area (Å²) in [5.41, 5.74) is 1.22. The van der Waals surface area contributed by atoms with Crippen LogP contribution in [0, 0.1) is 0 Å². The number of hydrogen-bond acceptors (Lipinski definition) is 3. The van der Waals surface area contributed by atoms with Gasteiger partial charge in [0, 0.05) is 11.5 Å². The van der Waals surface area contributed by atoms with Crippen molar-refractivity contribution in [1.82, 2.24) is 0 Å². The second kappa shape index (κ2) is 4.44. The molecular weight excluding hydrogens is 160 g/mol. The Morgan fingerprint density at radius 2 is 2.64 bits per heavy atom. The molecule has 0 aliphatic carbocycles. The van der Waals surface area contributed by atoms with Crippen LogP contribution in [0.4, 0.5) is 0 Å². The van der Waals surface area contributed by atoms with Gasteiger partial charge < -0.3 is 4.74 Å². The second-order valence-corrected chi connectivity index (χ2v) is 3.39. The smallest absolute Gasteiger partial charge is 0.309 e. The highest BCUT2D eigenvalue weighted by Crippen LogP contribution is 2.19. The van der Waals surface area contributed by atoms with Gasteiger partial charge in [-0.1, -0.05) is 11.6 Å². The van der Waals surface area contributed by atoms with E-state index in [-0.39, 0.29) is 5.97 Å². The number of hydrogen-bond donors (Lipinski definition) is 0. The maximum atomic E-state index is 10.9. The Bertz CT molecular complexity index is 175. The van der Waals surface area contributed by atoms with E-state index in [0.29, 0.717) is 13.0 Å². The van der Waals surface area contributed by atoms with Gasteiger partial charge in [-0.2, -0.15) is 11.8 Å². The first-order valence-corrected chi connectivity index (χ1v) is 4.89. The zero-order valence-electron chi connectivity index (χ0n) is 6.63. The fourth-order valence-electron chi connectivity index (χ4n) is 0.946. The first-order valence-electron chi connectivity index (χ1n) is 3.74. The molecule has 1 aliphatic rings. The van der Waals surface area contributed by atoms with Gasteiger partial charge in [0.1, 0.15) is 0 Å².